The van der Waals surface area contributed by atoms with E-state index in [-0.39, 0.29) is 17.6 Å². The molecule has 0 aliphatic carbocycles. The van der Waals surface area contributed by atoms with E-state index < -0.39 is 0 Å². The summed E-state index contributed by atoms with van der Waals surface area (Å²) in [4.78, 5) is 25.4. The summed E-state index contributed by atoms with van der Waals surface area (Å²) in [6.07, 6.45) is 0. The zero-order chi connectivity index (χ0) is 17.5. The number of hydrogen-bond donors (Lipinski definition) is 1. The maximum atomic E-state index is 12.1. The highest BCUT2D eigenvalue weighted by Crippen LogP contribution is 2.28. The van der Waals surface area contributed by atoms with Crippen molar-refractivity contribution in [3.8, 4) is 5.75 Å². The Labute approximate surface area is 149 Å². The smallest absolute Gasteiger partial charge is 0.348 e. The first-order chi connectivity index (χ1) is 11.5. The molecule has 2 rings (SSSR count). The molecule has 0 aliphatic heterocycles. The summed E-state index contributed by atoms with van der Waals surface area (Å²) in [7, 11) is 1.61. The number of benzene rings is 1. The number of rotatable bonds is 7. The summed E-state index contributed by atoms with van der Waals surface area (Å²) >= 11 is 2.67. The lowest BCUT2D eigenvalue weighted by molar-refractivity contribution is -0.113. The molecule has 0 saturated carbocycles. The molecule has 0 saturated heterocycles. The minimum Gasteiger partial charge on any atom is -0.497 e. The van der Waals surface area contributed by atoms with Crippen molar-refractivity contribution in [2.75, 3.05) is 24.8 Å². The number of ether oxygens (including phenoxy) is 2. The number of nitrogens with one attached hydrogen (secondary N) is 1. The number of esters is 1. The molecule has 0 unspecified atom stereocenters. The van der Waals surface area contributed by atoms with Crippen molar-refractivity contribution in [2.24, 2.45) is 0 Å². The lowest BCUT2D eigenvalue weighted by atomic mass is 10.3. The molecule has 0 spiro atoms. The Kier molecular flexibility index (Phi) is 6.69. The van der Waals surface area contributed by atoms with Gasteiger partial charge in [-0.1, -0.05) is 0 Å². The van der Waals surface area contributed by atoms with Gasteiger partial charge in [-0.25, -0.2) is 4.79 Å². The van der Waals surface area contributed by atoms with Gasteiger partial charge in [0.2, 0.25) is 5.91 Å². The van der Waals surface area contributed by atoms with Gasteiger partial charge in [0.25, 0.3) is 0 Å². The molecule has 1 aromatic heterocycles. The highest BCUT2D eigenvalue weighted by molar-refractivity contribution is 8.00. The molecule has 0 bridgehead atoms. The van der Waals surface area contributed by atoms with Gasteiger partial charge in [0.1, 0.15) is 10.6 Å². The van der Waals surface area contributed by atoms with Crippen molar-refractivity contribution in [1.29, 1.82) is 0 Å². The summed E-state index contributed by atoms with van der Waals surface area (Å²) in [6, 6.07) is 9.31. The summed E-state index contributed by atoms with van der Waals surface area (Å²) < 4.78 is 10.1. The number of methoxy groups -OCH3 is 1. The van der Waals surface area contributed by atoms with E-state index in [4.69, 9.17) is 9.47 Å². The molecule has 7 heteroatoms. The van der Waals surface area contributed by atoms with Crippen LogP contribution in [-0.4, -0.2) is 31.3 Å². The fourth-order valence-corrected chi connectivity index (χ4v) is 3.62. The van der Waals surface area contributed by atoms with E-state index in [0.29, 0.717) is 16.5 Å². The molecular formula is C17H19NO4S2. The number of hydrogen-bond acceptors (Lipinski definition) is 6. The van der Waals surface area contributed by atoms with Gasteiger partial charge in [-0.05, 0) is 49.7 Å². The standard InChI is InChI=1S/C17H19NO4S2/c1-4-22-17(20)16-11(2)9-15(24-16)18-14(19)10-23-13-7-5-12(21-3)6-8-13/h5-9H,4,10H2,1-3H3,(H,18,19). The molecule has 24 heavy (non-hydrogen) atoms. The molecule has 0 fully saturated rings. The van der Waals surface area contributed by atoms with Gasteiger partial charge >= 0.3 is 5.97 Å². The second-order valence-electron chi connectivity index (χ2n) is 4.86. The first-order valence-corrected chi connectivity index (χ1v) is 9.18. The van der Waals surface area contributed by atoms with Crippen LogP contribution in [0.3, 0.4) is 0 Å². The molecule has 1 heterocycles. The number of carbonyl (C=O) groups is 2. The quantitative estimate of drug-likeness (QED) is 0.594. The topological polar surface area (TPSA) is 64.6 Å². The van der Waals surface area contributed by atoms with Crippen molar-refractivity contribution >= 4 is 40.0 Å². The highest BCUT2D eigenvalue weighted by Gasteiger charge is 2.15. The lowest BCUT2D eigenvalue weighted by Crippen LogP contribution is -2.12. The molecule has 0 atom stereocenters. The minimum absolute atomic E-state index is 0.118. The Balaban J connectivity index is 1.90. The van der Waals surface area contributed by atoms with E-state index in [2.05, 4.69) is 5.32 Å². The van der Waals surface area contributed by atoms with E-state index in [1.165, 1.54) is 23.1 Å². The predicted molar refractivity (Wildman–Crippen MR) is 97.4 cm³/mol. The van der Waals surface area contributed by atoms with Crippen LogP contribution in [0.5, 0.6) is 5.75 Å². The number of amides is 1. The summed E-state index contributed by atoms with van der Waals surface area (Å²) in [5.74, 6) is 0.600. The maximum Gasteiger partial charge on any atom is 0.348 e. The Morgan fingerprint density at radius 2 is 1.96 bits per heavy atom. The van der Waals surface area contributed by atoms with Crippen LogP contribution in [0, 0.1) is 6.92 Å². The summed E-state index contributed by atoms with van der Waals surface area (Å²) in [5.41, 5.74) is 0.802. The third kappa shape index (κ3) is 5.01. The molecule has 1 aromatic carbocycles. The molecule has 2 aromatic rings. The number of aryl methyl sites for hydroxylation is 1. The summed E-state index contributed by atoms with van der Waals surface area (Å²) in [6.45, 7) is 3.92. The molecule has 1 amide bonds. The number of thiophene rings is 1. The van der Waals surface area contributed by atoms with Gasteiger partial charge in [0.05, 0.1) is 24.5 Å². The van der Waals surface area contributed by atoms with Crippen LogP contribution >= 0.6 is 23.1 Å². The molecule has 128 valence electrons. The van der Waals surface area contributed by atoms with Crippen molar-refractivity contribution in [3.05, 3.63) is 40.8 Å². The lowest BCUT2D eigenvalue weighted by Gasteiger charge is -2.04. The number of thioether (sulfide) groups is 1. The van der Waals surface area contributed by atoms with Crippen LogP contribution in [0.1, 0.15) is 22.2 Å². The Morgan fingerprint density at radius 3 is 2.58 bits per heavy atom. The Bertz CT molecular complexity index is 710. The van der Waals surface area contributed by atoms with Crippen LogP contribution in [0.4, 0.5) is 5.00 Å². The summed E-state index contributed by atoms with van der Waals surface area (Å²) in [5, 5.41) is 3.47. The largest absolute Gasteiger partial charge is 0.497 e. The number of anilines is 1. The molecule has 5 nitrogen and oxygen atoms in total. The van der Waals surface area contributed by atoms with E-state index in [1.807, 2.05) is 31.2 Å². The van der Waals surface area contributed by atoms with Crippen LogP contribution in [-0.2, 0) is 9.53 Å². The maximum absolute atomic E-state index is 12.1. The minimum atomic E-state index is -0.354. The van der Waals surface area contributed by atoms with Crippen molar-refractivity contribution < 1.29 is 19.1 Å². The fraction of sp³-hybridized carbons (Fsp3) is 0.294. The zero-order valence-electron chi connectivity index (χ0n) is 13.8. The molecule has 1 N–H and O–H groups in total. The van der Waals surface area contributed by atoms with Crippen LogP contribution in [0.2, 0.25) is 0 Å². The molecule has 0 aliphatic rings. The van der Waals surface area contributed by atoms with Crippen molar-refractivity contribution in [1.82, 2.24) is 0 Å². The van der Waals surface area contributed by atoms with Crippen LogP contribution in [0.15, 0.2) is 35.2 Å². The fourth-order valence-electron chi connectivity index (χ4n) is 1.94. The molecule has 0 radical (unpaired) electrons. The average molecular weight is 365 g/mol. The van der Waals surface area contributed by atoms with Gasteiger partial charge in [-0.15, -0.1) is 23.1 Å². The Hall–Kier alpha value is -1.99. The SMILES string of the molecule is CCOC(=O)c1sc(NC(=O)CSc2ccc(OC)cc2)cc1C. The first-order valence-electron chi connectivity index (χ1n) is 7.37. The zero-order valence-corrected chi connectivity index (χ0v) is 15.4. The van der Waals surface area contributed by atoms with Gasteiger partial charge < -0.3 is 14.8 Å². The van der Waals surface area contributed by atoms with E-state index in [9.17, 15) is 9.59 Å². The van der Waals surface area contributed by atoms with Crippen molar-refractivity contribution in [3.63, 3.8) is 0 Å². The normalized spacial score (nSPS) is 10.3. The third-order valence-electron chi connectivity index (χ3n) is 3.07. The van der Waals surface area contributed by atoms with Gasteiger partial charge in [0.15, 0.2) is 0 Å². The average Bonchev–Trinajstić information content (AvgIpc) is 2.94. The first kappa shape index (κ1) is 18.4. The monoisotopic (exact) mass is 365 g/mol. The van der Waals surface area contributed by atoms with Gasteiger partial charge in [-0.3, -0.25) is 4.79 Å². The van der Waals surface area contributed by atoms with Crippen molar-refractivity contribution in [2.45, 2.75) is 18.7 Å². The van der Waals surface area contributed by atoms with Gasteiger partial charge in [0, 0.05) is 4.90 Å². The van der Waals surface area contributed by atoms with E-state index >= 15 is 0 Å². The van der Waals surface area contributed by atoms with E-state index in [0.717, 1.165) is 16.2 Å². The Morgan fingerprint density at radius 1 is 1.25 bits per heavy atom. The van der Waals surface area contributed by atoms with Gasteiger partial charge in [-0.2, -0.15) is 0 Å². The second kappa shape index (κ2) is 8.75. The second-order valence-corrected chi connectivity index (χ2v) is 6.96. The number of carbonyl (C=O) groups excluding carboxylic acids is 2. The highest BCUT2D eigenvalue weighted by atomic mass is 32.2. The predicted octanol–water partition coefficient (Wildman–Crippen LogP) is 3.97. The van der Waals surface area contributed by atoms with Crippen LogP contribution in [0.25, 0.3) is 0 Å². The van der Waals surface area contributed by atoms with Crippen LogP contribution < -0.4 is 10.1 Å². The third-order valence-corrected chi connectivity index (χ3v) is 5.22. The van der Waals surface area contributed by atoms with E-state index in [1.54, 1.807) is 20.1 Å². The molecular weight excluding hydrogens is 346 g/mol.